The molecule has 8 heteroatoms. The van der Waals surface area contributed by atoms with E-state index in [1.807, 2.05) is 0 Å². The van der Waals surface area contributed by atoms with Gasteiger partial charge in [-0.3, -0.25) is 9.59 Å². The third kappa shape index (κ3) is 39.6. The number of rotatable bonds is 8. The maximum atomic E-state index is 11.0. The molecule has 0 rings (SSSR count). The van der Waals surface area contributed by atoms with Gasteiger partial charge in [0.25, 0.3) is 0 Å². The van der Waals surface area contributed by atoms with E-state index >= 15 is 0 Å². The van der Waals surface area contributed by atoms with Crippen LogP contribution < -0.4 is 5.32 Å². The highest BCUT2D eigenvalue weighted by atomic mass is 35.5. The van der Waals surface area contributed by atoms with Gasteiger partial charge in [-0.1, -0.05) is 28.0 Å². The molecule has 0 unspecified atom stereocenters. The first-order valence-corrected chi connectivity index (χ1v) is 10.9. The fraction of sp³-hybridized carbons (Fsp3) is 0.647. The van der Waals surface area contributed by atoms with Gasteiger partial charge in [0.2, 0.25) is 11.1 Å². The fourth-order valence-electron chi connectivity index (χ4n) is 0.867. The van der Waals surface area contributed by atoms with Crippen molar-refractivity contribution in [3.05, 3.63) is 25.3 Å². The Morgan fingerprint density at radius 1 is 1.24 bits per heavy atom. The summed E-state index contributed by atoms with van der Waals surface area (Å²) in [5, 5.41) is 10.3. The van der Waals surface area contributed by atoms with Crippen LogP contribution in [0.4, 0.5) is 0 Å². The predicted octanol–water partition coefficient (Wildman–Crippen LogP) is 2.89. The summed E-state index contributed by atoms with van der Waals surface area (Å²) in [7, 11) is 2.12. The van der Waals surface area contributed by atoms with Crippen LogP contribution in [0.15, 0.2) is 25.3 Å². The van der Waals surface area contributed by atoms with Crippen molar-refractivity contribution in [2.24, 2.45) is 0 Å². The number of likely N-dealkylation sites (N-methyl/N-ethyl adjacent to an activating group) is 2. The number of aliphatic hydroxyl groups is 1. The molecular weight excluding hydrogens is 360 g/mol. The zero-order valence-electron chi connectivity index (χ0n) is 14.9. The number of nitrogens with one attached hydrogen (secondary N) is 1. The molecule has 0 aliphatic rings. The van der Waals surface area contributed by atoms with Crippen LogP contribution in [0.2, 0.25) is 19.6 Å². The molecule has 6 nitrogen and oxygen atoms in total. The quantitative estimate of drug-likeness (QED) is 0.373. The Kier molecular flexibility index (Phi) is 32.4. The zero-order chi connectivity index (χ0) is 18.9. The summed E-state index contributed by atoms with van der Waals surface area (Å²) < 4.78 is 5.61. The number of amides is 1. The smallest absolute Gasteiger partial charge is 0.245 e. The topological polar surface area (TPSA) is 78.9 Å². The van der Waals surface area contributed by atoms with Crippen molar-refractivity contribution < 1.29 is 19.1 Å². The van der Waals surface area contributed by atoms with Gasteiger partial charge in [0.1, 0.15) is 0 Å². The van der Waals surface area contributed by atoms with E-state index in [1.165, 1.54) is 6.08 Å². The van der Waals surface area contributed by atoms with Gasteiger partial charge >= 0.3 is 0 Å². The molecule has 0 radical (unpaired) electrons. The van der Waals surface area contributed by atoms with E-state index in [1.54, 1.807) is 19.0 Å². The largest absolute Gasteiger partial charge is 0.416 e. The van der Waals surface area contributed by atoms with E-state index in [0.29, 0.717) is 19.7 Å². The highest BCUT2D eigenvalue weighted by molar-refractivity contribution is 6.69. The van der Waals surface area contributed by atoms with Crippen molar-refractivity contribution in [3.8, 4) is 0 Å². The molecule has 0 aromatic carbocycles. The highest BCUT2D eigenvalue weighted by Gasteiger charge is 2.14. The molecule has 0 aromatic heterocycles. The first-order valence-electron chi connectivity index (χ1n) is 7.14. The lowest BCUT2D eigenvalue weighted by Crippen LogP contribution is -2.33. The summed E-state index contributed by atoms with van der Waals surface area (Å²) in [4.78, 5) is 22.1. The molecule has 0 saturated heterocycles. The van der Waals surface area contributed by atoms with E-state index < -0.39 is 13.6 Å². The standard InChI is InChI=1S/C9H19NO2Si.C3H3ClO.C3H9NO.2CH4/c1-6-9(11)10(2)7-8-12-13(3,4)5;1-2-3(4)5;1-4-2-3-5;;/h6H,1,7-8H2,2-5H3;2H,1H2;4-5H,2-3H2,1H3;2*1H4. The van der Waals surface area contributed by atoms with Gasteiger partial charge in [-0.05, 0) is 50.4 Å². The summed E-state index contributed by atoms with van der Waals surface area (Å²) in [6, 6.07) is 0. The van der Waals surface area contributed by atoms with Crippen molar-refractivity contribution in [2.45, 2.75) is 34.5 Å². The molecule has 0 bridgehead atoms. The van der Waals surface area contributed by atoms with Crippen LogP contribution in [0.5, 0.6) is 0 Å². The number of allylic oxidation sites excluding steroid dienone is 1. The summed E-state index contributed by atoms with van der Waals surface area (Å²) in [5.74, 6) is -0.0563. The molecule has 0 aliphatic carbocycles. The average Bonchev–Trinajstić information content (AvgIpc) is 2.47. The highest BCUT2D eigenvalue weighted by Crippen LogP contribution is 2.01. The fourth-order valence-corrected chi connectivity index (χ4v) is 1.57. The monoisotopic (exact) mass is 398 g/mol. The third-order valence-electron chi connectivity index (χ3n) is 2.03. The lowest BCUT2D eigenvalue weighted by Gasteiger charge is -2.20. The average molecular weight is 399 g/mol. The minimum absolute atomic E-state index is 0. The Morgan fingerprint density at radius 3 is 1.88 bits per heavy atom. The molecule has 2 N–H and O–H groups in total. The van der Waals surface area contributed by atoms with Gasteiger partial charge in [-0.25, -0.2) is 0 Å². The van der Waals surface area contributed by atoms with Gasteiger partial charge < -0.3 is 19.7 Å². The lowest BCUT2D eigenvalue weighted by atomic mass is 10.5. The van der Waals surface area contributed by atoms with Crippen molar-refractivity contribution in [3.63, 3.8) is 0 Å². The molecule has 1 amide bonds. The van der Waals surface area contributed by atoms with Gasteiger partial charge in [0.15, 0.2) is 8.32 Å². The molecule has 0 heterocycles. The Balaban J connectivity index is -0.0000000933. The Hall–Kier alpha value is -0.993. The van der Waals surface area contributed by atoms with Crippen LogP contribution in [-0.2, 0) is 14.0 Å². The summed E-state index contributed by atoms with van der Waals surface area (Å²) in [6.07, 6.45) is 2.36. The Morgan fingerprint density at radius 2 is 1.68 bits per heavy atom. The van der Waals surface area contributed by atoms with E-state index in [2.05, 4.69) is 38.1 Å². The van der Waals surface area contributed by atoms with Gasteiger partial charge in [0, 0.05) is 20.1 Å². The van der Waals surface area contributed by atoms with Crippen molar-refractivity contribution >= 4 is 31.1 Å². The second-order valence-corrected chi connectivity index (χ2v) is 10.1. The van der Waals surface area contributed by atoms with Crippen LogP contribution in [0.3, 0.4) is 0 Å². The maximum absolute atomic E-state index is 11.0. The molecular formula is C17H39ClN2O4Si. The minimum atomic E-state index is -1.43. The van der Waals surface area contributed by atoms with E-state index in [0.717, 1.165) is 6.08 Å². The first kappa shape index (κ1) is 35.2. The molecule has 0 atom stereocenters. The normalized spacial score (nSPS) is 8.76. The Labute approximate surface area is 161 Å². The van der Waals surface area contributed by atoms with Gasteiger partial charge in [-0.2, -0.15) is 0 Å². The second kappa shape index (κ2) is 23.0. The second-order valence-electron chi connectivity index (χ2n) is 5.26. The molecule has 0 aliphatic heterocycles. The molecule has 152 valence electrons. The SMILES string of the molecule is C.C.C=CC(=O)Cl.C=CC(=O)N(C)CCO[Si](C)(C)C.CNCCO. The summed E-state index contributed by atoms with van der Waals surface area (Å²) >= 11 is 4.71. The Bertz CT molecular complexity index is 346. The van der Waals surface area contributed by atoms with Crippen LogP contribution in [-0.4, -0.2) is 69.9 Å². The van der Waals surface area contributed by atoms with Crippen molar-refractivity contribution in [2.75, 3.05) is 40.4 Å². The third-order valence-corrected chi connectivity index (χ3v) is 3.26. The minimum Gasteiger partial charge on any atom is -0.416 e. The van der Waals surface area contributed by atoms with Crippen LogP contribution in [0, 0.1) is 0 Å². The van der Waals surface area contributed by atoms with Gasteiger partial charge in [-0.15, -0.1) is 0 Å². The number of carbonyl (C=O) groups excluding carboxylic acids is 2. The molecule has 0 saturated carbocycles. The maximum Gasteiger partial charge on any atom is 0.245 e. The van der Waals surface area contributed by atoms with E-state index in [4.69, 9.17) is 21.1 Å². The number of halogens is 1. The molecule has 0 spiro atoms. The van der Waals surface area contributed by atoms with Crippen molar-refractivity contribution in [1.29, 1.82) is 0 Å². The van der Waals surface area contributed by atoms with Crippen molar-refractivity contribution in [1.82, 2.24) is 10.2 Å². The lowest BCUT2D eigenvalue weighted by molar-refractivity contribution is -0.125. The number of nitrogens with zero attached hydrogens (tertiary/aromatic N) is 1. The zero-order valence-corrected chi connectivity index (χ0v) is 16.7. The number of aliphatic hydroxyl groups excluding tert-OH is 1. The first-order chi connectivity index (χ1) is 10.5. The molecule has 25 heavy (non-hydrogen) atoms. The number of carbonyl (C=O) groups is 2. The number of hydrogen-bond acceptors (Lipinski definition) is 5. The molecule has 0 aromatic rings. The van der Waals surface area contributed by atoms with E-state index in [9.17, 15) is 9.59 Å². The van der Waals surface area contributed by atoms with Crippen LogP contribution >= 0.6 is 11.6 Å². The van der Waals surface area contributed by atoms with Gasteiger partial charge in [0.05, 0.1) is 13.2 Å². The van der Waals surface area contributed by atoms with Crippen LogP contribution in [0.1, 0.15) is 14.9 Å². The van der Waals surface area contributed by atoms with E-state index in [-0.39, 0.29) is 27.4 Å². The summed E-state index contributed by atoms with van der Waals surface area (Å²) in [6.45, 7) is 15.1. The number of hydrogen-bond donors (Lipinski definition) is 2. The summed E-state index contributed by atoms with van der Waals surface area (Å²) in [5.41, 5.74) is 0. The predicted molar refractivity (Wildman–Crippen MR) is 113 cm³/mol. The molecule has 0 fully saturated rings. The van der Waals surface area contributed by atoms with Crippen LogP contribution in [0.25, 0.3) is 0 Å².